The lowest BCUT2D eigenvalue weighted by Crippen LogP contribution is -2.12. The molecule has 1 N–H and O–H groups in total. The van der Waals surface area contributed by atoms with Crippen LogP contribution in [-0.4, -0.2) is 17.2 Å². The first kappa shape index (κ1) is 7.96. The lowest BCUT2D eigenvalue weighted by molar-refractivity contribution is -0.142. The number of halogens is 1. The van der Waals surface area contributed by atoms with Gasteiger partial charge in [0.05, 0.1) is 6.42 Å². The number of alkyl halides is 1. The van der Waals surface area contributed by atoms with E-state index >= 15 is 0 Å². The van der Waals surface area contributed by atoms with Gasteiger partial charge >= 0.3 is 5.97 Å². The predicted molar refractivity (Wildman–Crippen MR) is 30.6 cm³/mol. The van der Waals surface area contributed by atoms with Gasteiger partial charge in [0.2, 0.25) is 6.17 Å². The number of aliphatic carboxylic acids is 1. The SMILES string of the molecule is CC#CC[C@H](F)C(=O)O. The Bertz CT molecular complexity index is 154. The fourth-order valence-corrected chi connectivity index (χ4v) is 0.279. The first-order valence-electron chi connectivity index (χ1n) is 2.45. The number of rotatable bonds is 2. The third-order valence-electron chi connectivity index (χ3n) is 0.726. The largest absolute Gasteiger partial charge is 0.479 e. The zero-order chi connectivity index (χ0) is 7.28. The molecule has 3 heteroatoms. The summed E-state index contributed by atoms with van der Waals surface area (Å²) in [5, 5.41) is 7.97. The van der Waals surface area contributed by atoms with Crippen LogP contribution in [0.3, 0.4) is 0 Å². The van der Waals surface area contributed by atoms with Crippen LogP contribution in [0.2, 0.25) is 0 Å². The Morgan fingerprint density at radius 1 is 1.89 bits per heavy atom. The molecule has 0 aromatic heterocycles. The summed E-state index contributed by atoms with van der Waals surface area (Å²) in [6.07, 6.45) is -2.05. The average Bonchev–Trinajstić information content (AvgIpc) is 1.82. The van der Waals surface area contributed by atoms with Gasteiger partial charge in [0.15, 0.2) is 0 Å². The van der Waals surface area contributed by atoms with Gasteiger partial charge in [0, 0.05) is 0 Å². The number of carbonyl (C=O) groups is 1. The van der Waals surface area contributed by atoms with Crippen LogP contribution in [0.4, 0.5) is 4.39 Å². The van der Waals surface area contributed by atoms with Gasteiger partial charge in [-0.05, 0) is 6.92 Å². The van der Waals surface area contributed by atoms with Crippen molar-refractivity contribution < 1.29 is 14.3 Å². The summed E-state index contributed by atoms with van der Waals surface area (Å²) in [4.78, 5) is 9.76. The molecule has 0 rings (SSSR count). The summed E-state index contributed by atoms with van der Waals surface area (Å²) < 4.78 is 12.0. The monoisotopic (exact) mass is 130 g/mol. The van der Waals surface area contributed by atoms with Crippen molar-refractivity contribution in [2.45, 2.75) is 19.5 Å². The van der Waals surface area contributed by atoms with E-state index in [9.17, 15) is 9.18 Å². The van der Waals surface area contributed by atoms with Crippen molar-refractivity contribution in [1.82, 2.24) is 0 Å². The van der Waals surface area contributed by atoms with Crippen molar-refractivity contribution in [1.29, 1.82) is 0 Å². The van der Waals surface area contributed by atoms with Crippen LogP contribution in [-0.2, 0) is 4.79 Å². The van der Waals surface area contributed by atoms with Crippen molar-refractivity contribution in [2.75, 3.05) is 0 Å². The molecule has 1 atom stereocenters. The van der Waals surface area contributed by atoms with Gasteiger partial charge in [-0.15, -0.1) is 5.92 Å². The lowest BCUT2D eigenvalue weighted by atomic mass is 10.3. The number of hydrogen-bond acceptors (Lipinski definition) is 1. The van der Waals surface area contributed by atoms with E-state index < -0.39 is 12.1 Å². The number of hydrogen-bond donors (Lipinski definition) is 1. The van der Waals surface area contributed by atoms with E-state index in [1.54, 1.807) is 0 Å². The Hall–Kier alpha value is -1.04. The van der Waals surface area contributed by atoms with Crippen LogP contribution in [0, 0.1) is 11.8 Å². The van der Waals surface area contributed by atoms with Gasteiger partial charge in [-0.25, -0.2) is 9.18 Å². The van der Waals surface area contributed by atoms with Crippen LogP contribution in [0.1, 0.15) is 13.3 Å². The lowest BCUT2D eigenvalue weighted by Gasteiger charge is -1.92. The van der Waals surface area contributed by atoms with Gasteiger partial charge in [-0.2, -0.15) is 0 Å². The Morgan fingerprint density at radius 2 is 2.44 bits per heavy atom. The van der Waals surface area contributed by atoms with Gasteiger partial charge in [-0.1, -0.05) is 5.92 Å². The Balaban J connectivity index is 3.59. The van der Waals surface area contributed by atoms with Crippen molar-refractivity contribution >= 4 is 5.97 Å². The molecule has 0 aliphatic heterocycles. The summed E-state index contributed by atoms with van der Waals surface area (Å²) in [6.45, 7) is 1.54. The minimum Gasteiger partial charge on any atom is -0.479 e. The van der Waals surface area contributed by atoms with Gasteiger partial charge in [0.1, 0.15) is 0 Å². The number of carboxylic acids is 1. The zero-order valence-electron chi connectivity index (χ0n) is 5.02. The molecular formula is C6H7FO2. The van der Waals surface area contributed by atoms with Gasteiger partial charge in [-0.3, -0.25) is 0 Å². The predicted octanol–water partition coefficient (Wildman–Crippen LogP) is 0.823. The maximum absolute atomic E-state index is 12.0. The highest BCUT2D eigenvalue weighted by molar-refractivity contribution is 5.72. The summed E-state index contributed by atoms with van der Waals surface area (Å²) in [6, 6.07) is 0. The maximum atomic E-state index is 12.0. The molecule has 0 radical (unpaired) electrons. The fourth-order valence-electron chi connectivity index (χ4n) is 0.279. The van der Waals surface area contributed by atoms with Crippen molar-refractivity contribution in [2.24, 2.45) is 0 Å². The highest BCUT2D eigenvalue weighted by Crippen LogP contribution is 1.94. The zero-order valence-corrected chi connectivity index (χ0v) is 5.02. The first-order valence-corrected chi connectivity index (χ1v) is 2.45. The Morgan fingerprint density at radius 3 is 2.78 bits per heavy atom. The molecule has 0 bridgehead atoms. The molecule has 0 saturated heterocycles. The maximum Gasteiger partial charge on any atom is 0.339 e. The summed E-state index contributed by atoms with van der Waals surface area (Å²) in [7, 11) is 0. The minimum atomic E-state index is -1.84. The highest BCUT2D eigenvalue weighted by atomic mass is 19.1. The van der Waals surface area contributed by atoms with E-state index in [1.165, 1.54) is 6.92 Å². The third kappa shape index (κ3) is 3.53. The molecule has 0 aromatic rings. The van der Waals surface area contributed by atoms with Crippen molar-refractivity contribution in [3.63, 3.8) is 0 Å². The van der Waals surface area contributed by atoms with Crippen LogP contribution in [0.15, 0.2) is 0 Å². The molecular weight excluding hydrogens is 123 g/mol. The molecule has 0 aliphatic rings. The van der Waals surface area contributed by atoms with E-state index in [2.05, 4.69) is 11.8 Å². The molecule has 0 heterocycles. The van der Waals surface area contributed by atoms with E-state index in [4.69, 9.17) is 5.11 Å². The van der Waals surface area contributed by atoms with Crippen LogP contribution >= 0.6 is 0 Å². The molecule has 2 nitrogen and oxygen atoms in total. The molecule has 0 saturated carbocycles. The smallest absolute Gasteiger partial charge is 0.339 e. The Kier molecular flexibility index (Phi) is 3.45. The van der Waals surface area contributed by atoms with E-state index in [0.29, 0.717) is 0 Å². The average molecular weight is 130 g/mol. The highest BCUT2D eigenvalue weighted by Gasteiger charge is 2.12. The van der Waals surface area contributed by atoms with E-state index in [-0.39, 0.29) is 6.42 Å². The second kappa shape index (κ2) is 3.90. The normalized spacial score (nSPS) is 11.3. The molecule has 0 spiro atoms. The standard InChI is InChI=1S/C6H7FO2/c1-2-3-4-5(7)6(8)9/h5H,4H2,1H3,(H,8,9)/t5-/m0/s1. The summed E-state index contributed by atoms with van der Waals surface area (Å²) >= 11 is 0. The van der Waals surface area contributed by atoms with Crippen molar-refractivity contribution in [3.8, 4) is 11.8 Å². The first-order chi connectivity index (χ1) is 4.18. The van der Waals surface area contributed by atoms with Crippen molar-refractivity contribution in [3.05, 3.63) is 0 Å². The Labute approximate surface area is 52.7 Å². The minimum absolute atomic E-state index is 0.216. The molecule has 0 aromatic carbocycles. The molecule has 50 valence electrons. The molecule has 0 aliphatic carbocycles. The third-order valence-corrected chi connectivity index (χ3v) is 0.726. The molecule has 0 unspecified atom stereocenters. The molecule has 0 fully saturated rings. The second-order valence-corrected chi connectivity index (χ2v) is 1.44. The van der Waals surface area contributed by atoms with Gasteiger partial charge < -0.3 is 5.11 Å². The summed E-state index contributed by atoms with van der Waals surface area (Å²) in [5.41, 5.74) is 0. The number of carboxylic acid groups (broad SMARTS) is 1. The molecule has 9 heavy (non-hydrogen) atoms. The summed E-state index contributed by atoms with van der Waals surface area (Å²) in [5.74, 6) is 3.28. The topological polar surface area (TPSA) is 37.3 Å². The molecule has 0 amide bonds. The van der Waals surface area contributed by atoms with E-state index in [0.717, 1.165) is 0 Å². The van der Waals surface area contributed by atoms with Gasteiger partial charge in [0.25, 0.3) is 0 Å². The van der Waals surface area contributed by atoms with E-state index in [1.807, 2.05) is 0 Å². The van der Waals surface area contributed by atoms with Crippen LogP contribution in [0.25, 0.3) is 0 Å². The second-order valence-electron chi connectivity index (χ2n) is 1.44. The van der Waals surface area contributed by atoms with Crippen LogP contribution in [0.5, 0.6) is 0 Å². The quantitative estimate of drug-likeness (QED) is 0.562. The fraction of sp³-hybridized carbons (Fsp3) is 0.500. The van der Waals surface area contributed by atoms with Crippen LogP contribution < -0.4 is 0 Å².